The summed E-state index contributed by atoms with van der Waals surface area (Å²) in [5.74, 6) is -1.62. The molecule has 0 N–H and O–H groups in total. The first-order valence-electron chi connectivity index (χ1n) is 11.0. The number of aryl methyl sites for hydroxylation is 1. The van der Waals surface area contributed by atoms with E-state index in [1.165, 1.54) is 9.58 Å². The highest BCUT2D eigenvalue weighted by Gasteiger charge is 2.46. The second kappa shape index (κ2) is 9.24. The molecule has 34 heavy (non-hydrogen) atoms. The standard InChI is InChI=1S/C25H24Cl2N4O3/c1-5-10-30-23(32)20(22(25(30)34)29-11-6-7-15(4)13-29)19-21(14(2)3)28-31(24(19)33)16-8-9-17(26)18(27)12-16/h6-9,11-14H,5,10H2,1-4H3. The van der Waals surface area contributed by atoms with Gasteiger partial charge in [-0.05, 0) is 49.4 Å². The van der Waals surface area contributed by atoms with Crippen LogP contribution in [0.1, 0.15) is 49.9 Å². The molecule has 0 aliphatic carbocycles. The number of imide groups is 1. The van der Waals surface area contributed by atoms with Gasteiger partial charge in [-0.1, -0.05) is 44.0 Å². The minimum Gasteiger partial charge on any atom is -0.858 e. The van der Waals surface area contributed by atoms with Crippen molar-refractivity contribution in [2.75, 3.05) is 6.54 Å². The van der Waals surface area contributed by atoms with Crippen LogP contribution >= 0.6 is 23.2 Å². The third-order valence-electron chi connectivity index (χ3n) is 5.61. The maximum absolute atomic E-state index is 13.7. The molecular formula is C25H24Cl2N4O3. The molecule has 176 valence electrons. The largest absolute Gasteiger partial charge is 0.858 e. The Morgan fingerprint density at radius 2 is 1.85 bits per heavy atom. The zero-order chi connectivity index (χ0) is 24.7. The molecule has 9 heteroatoms. The molecule has 0 radical (unpaired) electrons. The average molecular weight is 499 g/mol. The van der Waals surface area contributed by atoms with Crippen molar-refractivity contribution in [2.24, 2.45) is 0 Å². The molecule has 1 aromatic carbocycles. The predicted molar refractivity (Wildman–Crippen MR) is 129 cm³/mol. The average Bonchev–Trinajstić information content (AvgIpc) is 3.25. The molecule has 0 fully saturated rings. The number of rotatable bonds is 6. The second-order valence-electron chi connectivity index (χ2n) is 8.50. The zero-order valence-electron chi connectivity index (χ0n) is 19.3. The summed E-state index contributed by atoms with van der Waals surface area (Å²) in [6, 6.07) is 8.44. The van der Waals surface area contributed by atoms with E-state index in [1.807, 2.05) is 33.8 Å². The first kappa shape index (κ1) is 24.0. The van der Waals surface area contributed by atoms with Crippen LogP contribution in [0.5, 0.6) is 5.88 Å². The summed E-state index contributed by atoms with van der Waals surface area (Å²) in [6.07, 6.45) is 4.06. The molecule has 2 amide bonds. The number of carbonyl (C=O) groups is 2. The number of benzene rings is 1. The molecule has 0 bridgehead atoms. The van der Waals surface area contributed by atoms with Crippen LogP contribution in [0.15, 0.2) is 42.7 Å². The van der Waals surface area contributed by atoms with Crippen molar-refractivity contribution in [3.63, 3.8) is 0 Å². The minimum atomic E-state index is -0.498. The quantitative estimate of drug-likeness (QED) is 0.378. The zero-order valence-corrected chi connectivity index (χ0v) is 20.8. The molecule has 0 atom stereocenters. The van der Waals surface area contributed by atoms with Gasteiger partial charge in [0, 0.05) is 23.7 Å². The van der Waals surface area contributed by atoms with Crippen LogP contribution in [-0.4, -0.2) is 33.0 Å². The number of halogens is 2. The van der Waals surface area contributed by atoms with E-state index in [4.69, 9.17) is 23.2 Å². The maximum Gasteiger partial charge on any atom is 0.326 e. The van der Waals surface area contributed by atoms with Gasteiger partial charge in [0.05, 0.1) is 21.4 Å². The van der Waals surface area contributed by atoms with Crippen LogP contribution < -0.4 is 9.67 Å². The Morgan fingerprint density at radius 1 is 1.12 bits per heavy atom. The highest BCUT2D eigenvalue weighted by molar-refractivity contribution is 6.45. The normalized spacial score (nSPS) is 14.1. The fraction of sp³-hybridized carbons (Fsp3) is 0.280. The van der Waals surface area contributed by atoms with Crippen LogP contribution in [0.4, 0.5) is 0 Å². The third-order valence-corrected chi connectivity index (χ3v) is 6.35. The number of hydrogen-bond donors (Lipinski definition) is 0. The highest BCUT2D eigenvalue weighted by atomic mass is 35.5. The van der Waals surface area contributed by atoms with E-state index in [0.717, 1.165) is 5.56 Å². The first-order chi connectivity index (χ1) is 16.1. The van der Waals surface area contributed by atoms with Crippen LogP contribution in [-0.2, 0) is 9.59 Å². The molecule has 0 spiro atoms. The summed E-state index contributed by atoms with van der Waals surface area (Å²) in [7, 11) is 0. The number of amides is 2. The Morgan fingerprint density at radius 3 is 2.47 bits per heavy atom. The molecule has 7 nitrogen and oxygen atoms in total. The van der Waals surface area contributed by atoms with Gasteiger partial charge in [0.15, 0.2) is 12.4 Å². The Balaban J connectivity index is 2.03. The van der Waals surface area contributed by atoms with Gasteiger partial charge in [0.1, 0.15) is 5.57 Å². The van der Waals surface area contributed by atoms with Crippen molar-refractivity contribution in [1.29, 1.82) is 0 Å². The molecule has 0 unspecified atom stereocenters. The Hall–Kier alpha value is -3.16. The monoisotopic (exact) mass is 498 g/mol. The fourth-order valence-corrected chi connectivity index (χ4v) is 4.33. The van der Waals surface area contributed by atoms with E-state index in [1.54, 1.807) is 41.2 Å². The fourth-order valence-electron chi connectivity index (χ4n) is 4.04. The van der Waals surface area contributed by atoms with Crippen LogP contribution in [0, 0.1) is 6.92 Å². The van der Waals surface area contributed by atoms with E-state index >= 15 is 0 Å². The van der Waals surface area contributed by atoms with E-state index in [0.29, 0.717) is 22.8 Å². The number of aromatic nitrogens is 3. The van der Waals surface area contributed by atoms with E-state index in [2.05, 4.69) is 5.10 Å². The van der Waals surface area contributed by atoms with Crippen LogP contribution in [0.25, 0.3) is 17.0 Å². The summed E-state index contributed by atoms with van der Waals surface area (Å²) in [4.78, 5) is 28.2. The lowest BCUT2D eigenvalue weighted by molar-refractivity contribution is -0.577. The van der Waals surface area contributed by atoms with Gasteiger partial charge in [0.25, 0.3) is 11.6 Å². The maximum atomic E-state index is 13.7. The minimum absolute atomic E-state index is 0.0639. The van der Waals surface area contributed by atoms with Gasteiger partial charge in [-0.15, -0.1) is 0 Å². The third kappa shape index (κ3) is 3.99. The summed E-state index contributed by atoms with van der Waals surface area (Å²) in [5, 5.41) is 18.9. The molecule has 4 rings (SSSR count). The van der Waals surface area contributed by atoms with Gasteiger partial charge in [0.2, 0.25) is 0 Å². The van der Waals surface area contributed by atoms with Crippen molar-refractivity contribution >= 4 is 46.3 Å². The topological polar surface area (TPSA) is 82.1 Å². The molecule has 1 aliphatic heterocycles. The SMILES string of the molecule is CCCN1C(=O)C(c2c(C(C)C)nn(-c3ccc(Cl)c(Cl)c3)c2[O-])=C([n+]2cccc(C)c2)C1=O. The van der Waals surface area contributed by atoms with Crippen LogP contribution in [0.3, 0.4) is 0 Å². The van der Waals surface area contributed by atoms with Gasteiger partial charge in [-0.3, -0.25) is 14.5 Å². The number of carbonyl (C=O) groups excluding carboxylic acids is 2. The van der Waals surface area contributed by atoms with E-state index < -0.39 is 17.7 Å². The number of nitrogens with zero attached hydrogens (tertiary/aromatic N) is 4. The molecular weight excluding hydrogens is 475 g/mol. The van der Waals surface area contributed by atoms with Crippen molar-refractivity contribution in [1.82, 2.24) is 14.7 Å². The van der Waals surface area contributed by atoms with E-state index in [-0.39, 0.29) is 34.3 Å². The molecule has 0 saturated carbocycles. The van der Waals surface area contributed by atoms with Crippen LogP contribution in [0.2, 0.25) is 10.0 Å². The molecule has 3 heterocycles. The van der Waals surface area contributed by atoms with Crippen molar-refractivity contribution in [3.05, 3.63) is 69.6 Å². The number of hydrogen-bond acceptors (Lipinski definition) is 4. The van der Waals surface area contributed by atoms with Crippen molar-refractivity contribution in [2.45, 2.75) is 40.0 Å². The van der Waals surface area contributed by atoms with Gasteiger partial charge in [-0.2, -0.15) is 9.67 Å². The summed E-state index contributed by atoms with van der Waals surface area (Å²) >= 11 is 12.2. The van der Waals surface area contributed by atoms with Gasteiger partial charge in [-0.25, -0.2) is 4.68 Å². The summed E-state index contributed by atoms with van der Waals surface area (Å²) in [6.45, 7) is 7.80. The van der Waals surface area contributed by atoms with E-state index in [9.17, 15) is 14.7 Å². The van der Waals surface area contributed by atoms with Crippen molar-refractivity contribution in [3.8, 4) is 11.6 Å². The number of pyridine rings is 1. The van der Waals surface area contributed by atoms with Gasteiger partial charge < -0.3 is 5.11 Å². The first-order valence-corrected chi connectivity index (χ1v) is 11.8. The molecule has 3 aromatic rings. The lowest BCUT2D eigenvalue weighted by atomic mass is 9.98. The Kier molecular flexibility index (Phi) is 6.51. The second-order valence-corrected chi connectivity index (χ2v) is 9.32. The summed E-state index contributed by atoms with van der Waals surface area (Å²) < 4.78 is 2.82. The Bertz CT molecular complexity index is 1340. The lowest BCUT2D eigenvalue weighted by Crippen LogP contribution is -2.40. The van der Waals surface area contributed by atoms with Crippen molar-refractivity contribution < 1.29 is 19.3 Å². The Labute approximate surface area is 207 Å². The molecule has 1 aliphatic rings. The molecule has 2 aromatic heterocycles. The van der Waals surface area contributed by atoms with Gasteiger partial charge >= 0.3 is 5.91 Å². The summed E-state index contributed by atoms with van der Waals surface area (Å²) in [5.41, 5.74) is 2.09. The smallest absolute Gasteiger partial charge is 0.326 e. The predicted octanol–water partition coefficient (Wildman–Crippen LogP) is 4.12. The lowest BCUT2D eigenvalue weighted by Gasteiger charge is -2.15. The highest BCUT2D eigenvalue weighted by Crippen LogP contribution is 2.39. The molecule has 0 saturated heterocycles.